The van der Waals surface area contributed by atoms with Crippen molar-refractivity contribution in [2.45, 2.75) is 18.9 Å². The highest BCUT2D eigenvalue weighted by Gasteiger charge is 2.31. The summed E-state index contributed by atoms with van der Waals surface area (Å²) in [6.07, 6.45) is 3.95. The van der Waals surface area contributed by atoms with E-state index in [0.29, 0.717) is 11.3 Å². The Morgan fingerprint density at radius 2 is 2.14 bits per heavy atom. The number of aromatic nitrogens is 1. The fourth-order valence-corrected chi connectivity index (χ4v) is 3.01. The largest absolute Gasteiger partial charge is 0.353 e. The molecule has 3 rings (SSSR count). The molecule has 1 atom stereocenters. The highest BCUT2D eigenvalue weighted by molar-refractivity contribution is 5.91. The predicted octanol–water partition coefficient (Wildman–Crippen LogP) is 3.27. The van der Waals surface area contributed by atoms with Crippen LogP contribution in [0.5, 0.6) is 0 Å². The number of nitrogens with one attached hydrogen (secondary N) is 1. The minimum atomic E-state index is -0.147. The van der Waals surface area contributed by atoms with E-state index in [1.54, 1.807) is 18.2 Å². The first kappa shape index (κ1) is 14.2. The fourth-order valence-electron chi connectivity index (χ4n) is 3.01. The number of anilines is 1. The Bertz CT molecular complexity index is 728. The zero-order chi connectivity index (χ0) is 15.5. The summed E-state index contributed by atoms with van der Waals surface area (Å²) in [7, 11) is 1.99. The van der Waals surface area contributed by atoms with Crippen LogP contribution in [0.2, 0.25) is 0 Å². The highest BCUT2D eigenvalue weighted by Crippen LogP contribution is 2.32. The number of hydrogen-bond donors (Lipinski definition) is 1. The summed E-state index contributed by atoms with van der Waals surface area (Å²) in [5.41, 5.74) is 2.18. The second-order valence-corrected chi connectivity index (χ2v) is 5.48. The smallest absolute Gasteiger partial charge is 0.322 e. The average molecular weight is 294 g/mol. The number of benzene rings is 1. The van der Waals surface area contributed by atoms with E-state index in [-0.39, 0.29) is 12.1 Å². The van der Waals surface area contributed by atoms with E-state index < -0.39 is 0 Å². The van der Waals surface area contributed by atoms with Crippen molar-refractivity contribution in [2.75, 3.05) is 11.9 Å². The molecule has 112 valence electrons. The van der Waals surface area contributed by atoms with Gasteiger partial charge in [0.05, 0.1) is 17.3 Å². The van der Waals surface area contributed by atoms with Crippen LogP contribution in [-0.2, 0) is 7.05 Å². The molecule has 5 heteroatoms. The summed E-state index contributed by atoms with van der Waals surface area (Å²) in [4.78, 5) is 14.4. The van der Waals surface area contributed by atoms with Crippen LogP contribution in [0.15, 0.2) is 42.6 Å². The standard InChI is InChI=1S/C17H18N4O/c1-20-10-4-8-15(20)16-9-5-11-21(16)17(22)19-14-7-3-2-6-13(14)12-18/h2-4,6-8,10,16H,5,9,11H2,1H3,(H,19,22). The van der Waals surface area contributed by atoms with Crippen LogP contribution in [0.3, 0.4) is 0 Å². The first-order valence-electron chi connectivity index (χ1n) is 7.38. The first-order chi connectivity index (χ1) is 10.7. The topological polar surface area (TPSA) is 61.1 Å². The zero-order valence-electron chi connectivity index (χ0n) is 12.5. The van der Waals surface area contributed by atoms with Crippen molar-refractivity contribution in [3.63, 3.8) is 0 Å². The lowest BCUT2D eigenvalue weighted by molar-refractivity contribution is 0.205. The lowest BCUT2D eigenvalue weighted by atomic mass is 10.1. The van der Waals surface area contributed by atoms with Crippen molar-refractivity contribution in [1.29, 1.82) is 5.26 Å². The number of rotatable bonds is 2. The summed E-state index contributed by atoms with van der Waals surface area (Å²) in [6, 6.07) is 13.2. The van der Waals surface area contributed by atoms with Gasteiger partial charge in [-0.1, -0.05) is 12.1 Å². The highest BCUT2D eigenvalue weighted by atomic mass is 16.2. The molecule has 2 aromatic rings. The Hall–Kier alpha value is -2.74. The normalized spacial score (nSPS) is 17.3. The maximum atomic E-state index is 12.6. The van der Waals surface area contributed by atoms with Gasteiger partial charge >= 0.3 is 6.03 Å². The van der Waals surface area contributed by atoms with Crippen LogP contribution in [0, 0.1) is 11.3 Å². The van der Waals surface area contributed by atoms with Gasteiger partial charge < -0.3 is 14.8 Å². The summed E-state index contributed by atoms with van der Waals surface area (Å²) >= 11 is 0. The lowest BCUT2D eigenvalue weighted by Gasteiger charge is -2.25. The molecular formula is C17H18N4O. The van der Waals surface area contributed by atoms with Crippen LogP contribution in [0.4, 0.5) is 10.5 Å². The molecule has 1 aliphatic heterocycles. The molecule has 1 aromatic heterocycles. The Morgan fingerprint density at radius 1 is 1.32 bits per heavy atom. The number of urea groups is 1. The molecule has 0 radical (unpaired) electrons. The third kappa shape index (κ3) is 2.56. The lowest BCUT2D eigenvalue weighted by Crippen LogP contribution is -2.35. The van der Waals surface area contributed by atoms with Crippen LogP contribution in [-0.4, -0.2) is 22.0 Å². The number of carbonyl (C=O) groups is 1. The van der Waals surface area contributed by atoms with Gasteiger partial charge in [0.1, 0.15) is 6.07 Å². The average Bonchev–Trinajstić information content (AvgIpc) is 3.16. The maximum absolute atomic E-state index is 12.6. The number of carbonyl (C=O) groups excluding carboxylic acids is 1. The van der Waals surface area contributed by atoms with Crippen molar-refractivity contribution in [3.8, 4) is 6.07 Å². The van der Waals surface area contributed by atoms with Gasteiger partial charge in [-0.15, -0.1) is 0 Å². The molecule has 1 N–H and O–H groups in total. The number of aryl methyl sites for hydroxylation is 1. The summed E-state index contributed by atoms with van der Waals surface area (Å²) in [5.74, 6) is 0. The van der Waals surface area contributed by atoms with Crippen molar-refractivity contribution in [2.24, 2.45) is 7.05 Å². The Kier molecular flexibility index (Phi) is 3.84. The number of amides is 2. The first-order valence-corrected chi connectivity index (χ1v) is 7.38. The summed E-state index contributed by atoms with van der Waals surface area (Å²) in [6.45, 7) is 0.733. The van der Waals surface area contributed by atoms with E-state index in [1.807, 2.05) is 30.3 Å². The molecule has 1 aliphatic rings. The number of likely N-dealkylation sites (tertiary alicyclic amines) is 1. The molecule has 1 fully saturated rings. The third-order valence-electron chi connectivity index (χ3n) is 4.13. The van der Waals surface area contributed by atoms with Crippen LogP contribution in [0.25, 0.3) is 0 Å². The maximum Gasteiger partial charge on any atom is 0.322 e. The predicted molar refractivity (Wildman–Crippen MR) is 84.3 cm³/mol. The number of para-hydroxylation sites is 1. The number of hydrogen-bond acceptors (Lipinski definition) is 2. The van der Waals surface area contributed by atoms with Gasteiger partial charge in [-0.05, 0) is 37.1 Å². The number of nitriles is 1. The van der Waals surface area contributed by atoms with Gasteiger partial charge in [0.25, 0.3) is 0 Å². The second-order valence-electron chi connectivity index (χ2n) is 5.48. The summed E-state index contributed by atoms with van der Waals surface area (Å²) < 4.78 is 2.06. The van der Waals surface area contributed by atoms with Gasteiger partial charge in [-0.25, -0.2) is 4.79 Å². The van der Waals surface area contributed by atoms with Gasteiger partial charge in [0.15, 0.2) is 0 Å². The minimum absolute atomic E-state index is 0.0919. The summed E-state index contributed by atoms with van der Waals surface area (Å²) in [5, 5.41) is 12.0. The molecule has 1 saturated heterocycles. The van der Waals surface area contributed by atoms with E-state index in [2.05, 4.69) is 22.0 Å². The molecule has 1 unspecified atom stereocenters. The Morgan fingerprint density at radius 3 is 2.86 bits per heavy atom. The van der Waals surface area contributed by atoms with E-state index in [4.69, 9.17) is 5.26 Å². The van der Waals surface area contributed by atoms with E-state index in [9.17, 15) is 4.79 Å². The fraction of sp³-hybridized carbons (Fsp3) is 0.294. The second kappa shape index (κ2) is 5.94. The molecule has 1 aromatic carbocycles. The van der Waals surface area contributed by atoms with Gasteiger partial charge in [-0.2, -0.15) is 5.26 Å². The molecule has 2 amide bonds. The Balaban J connectivity index is 1.80. The van der Waals surface area contributed by atoms with E-state index in [0.717, 1.165) is 25.1 Å². The van der Waals surface area contributed by atoms with Crippen molar-refractivity contribution in [1.82, 2.24) is 9.47 Å². The molecule has 5 nitrogen and oxygen atoms in total. The Labute approximate surface area is 129 Å². The quantitative estimate of drug-likeness (QED) is 0.924. The monoisotopic (exact) mass is 294 g/mol. The molecule has 2 heterocycles. The minimum Gasteiger partial charge on any atom is -0.353 e. The molecule has 0 spiro atoms. The van der Waals surface area contributed by atoms with Crippen molar-refractivity contribution >= 4 is 11.7 Å². The van der Waals surface area contributed by atoms with Gasteiger partial charge in [0.2, 0.25) is 0 Å². The van der Waals surface area contributed by atoms with E-state index in [1.165, 1.54) is 0 Å². The molecule has 0 aliphatic carbocycles. The number of nitrogens with zero attached hydrogens (tertiary/aromatic N) is 3. The van der Waals surface area contributed by atoms with Crippen LogP contribution < -0.4 is 5.32 Å². The van der Waals surface area contributed by atoms with Crippen molar-refractivity contribution < 1.29 is 4.79 Å². The van der Waals surface area contributed by atoms with E-state index >= 15 is 0 Å². The zero-order valence-corrected chi connectivity index (χ0v) is 12.5. The molecule has 0 bridgehead atoms. The molecular weight excluding hydrogens is 276 g/mol. The van der Waals surface area contributed by atoms with Crippen LogP contribution in [0.1, 0.15) is 30.1 Å². The van der Waals surface area contributed by atoms with Gasteiger partial charge in [-0.3, -0.25) is 0 Å². The van der Waals surface area contributed by atoms with Crippen molar-refractivity contribution in [3.05, 3.63) is 53.9 Å². The SMILES string of the molecule is Cn1cccc1C1CCCN1C(=O)Nc1ccccc1C#N. The van der Waals surface area contributed by atoms with Gasteiger partial charge in [0, 0.05) is 25.5 Å². The molecule has 0 saturated carbocycles. The van der Waals surface area contributed by atoms with Crippen LogP contribution >= 0.6 is 0 Å². The molecule has 22 heavy (non-hydrogen) atoms. The third-order valence-corrected chi connectivity index (χ3v) is 4.13.